The lowest BCUT2D eigenvalue weighted by Crippen LogP contribution is -2.20. The van der Waals surface area contributed by atoms with Crippen LogP contribution in [0.15, 0.2) is 24.3 Å². The number of allylic oxidation sites excluding steroid dienone is 2. The lowest BCUT2D eigenvalue weighted by molar-refractivity contribution is -0.117. The zero-order valence-electron chi connectivity index (χ0n) is 8.54. The Kier molecular flexibility index (Phi) is 4.60. The number of hydrogen-bond donors (Lipinski definition) is 1. The van der Waals surface area contributed by atoms with Crippen molar-refractivity contribution in [3.8, 4) is 0 Å². The van der Waals surface area contributed by atoms with E-state index < -0.39 is 6.10 Å². The second kappa shape index (κ2) is 5.76. The van der Waals surface area contributed by atoms with Gasteiger partial charge < -0.3 is 5.11 Å². The zero-order valence-corrected chi connectivity index (χ0v) is 8.54. The maximum absolute atomic E-state index is 11.4. The highest BCUT2D eigenvalue weighted by Gasteiger charge is 2.19. The Hall–Kier alpha value is -0.890. The largest absolute Gasteiger partial charge is 0.388 e. The van der Waals surface area contributed by atoms with Crippen LogP contribution in [0.4, 0.5) is 0 Å². The first-order valence-corrected chi connectivity index (χ1v) is 5.28. The number of aliphatic hydroxyl groups excluding tert-OH is 1. The molecule has 0 heterocycles. The molecule has 2 nitrogen and oxygen atoms in total. The first kappa shape index (κ1) is 11.2. The van der Waals surface area contributed by atoms with Crippen LogP contribution in [0.1, 0.15) is 38.5 Å². The minimum absolute atomic E-state index is 0.127. The van der Waals surface area contributed by atoms with Crippen molar-refractivity contribution in [1.29, 1.82) is 0 Å². The van der Waals surface area contributed by atoms with Crippen LogP contribution in [0.5, 0.6) is 0 Å². The van der Waals surface area contributed by atoms with E-state index in [1.807, 2.05) is 12.2 Å². The van der Waals surface area contributed by atoms with Crippen LogP contribution in [0.25, 0.3) is 0 Å². The molecule has 1 aliphatic rings. The third-order valence-electron chi connectivity index (χ3n) is 2.54. The molecule has 0 saturated carbocycles. The van der Waals surface area contributed by atoms with Crippen molar-refractivity contribution >= 4 is 5.78 Å². The summed E-state index contributed by atoms with van der Waals surface area (Å²) in [5.41, 5.74) is 0.639. The fraction of sp³-hybridized carbons (Fsp3) is 0.583. The van der Waals surface area contributed by atoms with Crippen LogP contribution in [-0.4, -0.2) is 17.0 Å². The summed E-state index contributed by atoms with van der Waals surface area (Å²) >= 11 is 0. The number of ketones is 1. The summed E-state index contributed by atoms with van der Waals surface area (Å²) in [6.07, 6.45) is 8.11. The molecule has 0 spiro atoms. The molecule has 0 aromatic carbocycles. The molecule has 14 heavy (non-hydrogen) atoms. The number of carbonyl (C=O) groups excluding carboxylic acids is 1. The van der Waals surface area contributed by atoms with Gasteiger partial charge in [0, 0.05) is 12.0 Å². The Morgan fingerprint density at radius 1 is 1.64 bits per heavy atom. The van der Waals surface area contributed by atoms with Crippen LogP contribution in [0.2, 0.25) is 0 Å². The number of carbonyl (C=O) groups is 1. The van der Waals surface area contributed by atoms with Crippen molar-refractivity contribution in [1.82, 2.24) is 0 Å². The molecule has 0 aromatic rings. The molecule has 2 heteroatoms. The number of rotatable bonds is 5. The van der Waals surface area contributed by atoms with E-state index >= 15 is 0 Å². The summed E-state index contributed by atoms with van der Waals surface area (Å²) in [6.45, 7) is 3.62. The quantitative estimate of drug-likeness (QED) is 0.539. The van der Waals surface area contributed by atoms with Gasteiger partial charge in [0.05, 0.1) is 6.10 Å². The maximum atomic E-state index is 11.4. The van der Waals surface area contributed by atoms with Gasteiger partial charge in [-0.2, -0.15) is 0 Å². The maximum Gasteiger partial charge on any atom is 0.161 e. The third kappa shape index (κ3) is 3.11. The molecular weight excluding hydrogens is 176 g/mol. The third-order valence-corrected chi connectivity index (χ3v) is 2.54. The number of Topliss-reactive ketones (excluding diaryl/α,β-unsaturated/α-hetero) is 1. The molecule has 0 bridgehead atoms. The predicted octanol–water partition coefficient (Wildman–Crippen LogP) is 2.38. The van der Waals surface area contributed by atoms with Crippen molar-refractivity contribution in [3.63, 3.8) is 0 Å². The van der Waals surface area contributed by atoms with Crippen LogP contribution in [0, 0.1) is 0 Å². The van der Waals surface area contributed by atoms with Gasteiger partial charge in [-0.1, -0.05) is 12.2 Å². The van der Waals surface area contributed by atoms with E-state index in [-0.39, 0.29) is 5.78 Å². The van der Waals surface area contributed by atoms with Crippen LogP contribution in [-0.2, 0) is 4.79 Å². The van der Waals surface area contributed by atoms with Crippen molar-refractivity contribution in [2.24, 2.45) is 0 Å². The Balaban J connectivity index is 2.42. The van der Waals surface area contributed by atoms with Crippen LogP contribution >= 0.6 is 0 Å². The summed E-state index contributed by atoms with van der Waals surface area (Å²) < 4.78 is 0. The van der Waals surface area contributed by atoms with Crippen LogP contribution < -0.4 is 0 Å². The Morgan fingerprint density at radius 3 is 3.07 bits per heavy atom. The average Bonchev–Trinajstić information content (AvgIpc) is 2.18. The topological polar surface area (TPSA) is 37.3 Å². The normalized spacial score (nSPS) is 18.9. The minimum atomic E-state index is -0.553. The Morgan fingerprint density at radius 2 is 2.43 bits per heavy atom. The van der Waals surface area contributed by atoms with E-state index in [1.165, 1.54) is 0 Å². The standard InChI is InChI=1S/C12H18O2/c1-2-3-4-8-11(13)10-7-5-6-9-12(10)14/h2,7,11,13H,1,3-6,8-9H2. The van der Waals surface area contributed by atoms with Crippen LogP contribution in [0.3, 0.4) is 0 Å². The lowest BCUT2D eigenvalue weighted by Gasteiger charge is -2.17. The van der Waals surface area contributed by atoms with Gasteiger partial charge in [0.15, 0.2) is 5.78 Å². The molecule has 1 atom stereocenters. The molecule has 1 N–H and O–H groups in total. The highest BCUT2D eigenvalue weighted by Crippen LogP contribution is 2.20. The van der Waals surface area contributed by atoms with Gasteiger partial charge >= 0.3 is 0 Å². The van der Waals surface area contributed by atoms with Gasteiger partial charge in [0.1, 0.15) is 0 Å². The number of hydrogen-bond acceptors (Lipinski definition) is 2. The minimum Gasteiger partial charge on any atom is -0.388 e. The van der Waals surface area contributed by atoms with Gasteiger partial charge in [-0.3, -0.25) is 4.79 Å². The summed E-state index contributed by atoms with van der Waals surface area (Å²) in [5, 5.41) is 9.75. The smallest absolute Gasteiger partial charge is 0.161 e. The molecule has 0 amide bonds. The molecule has 0 saturated heterocycles. The molecule has 78 valence electrons. The van der Waals surface area contributed by atoms with Crippen molar-refractivity contribution in [2.45, 2.75) is 44.6 Å². The Labute approximate surface area is 85.3 Å². The SMILES string of the molecule is C=CCCCC(O)C1=CCCCC1=O. The highest BCUT2D eigenvalue weighted by atomic mass is 16.3. The van der Waals surface area contributed by atoms with Crippen molar-refractivity contribution in [3.05, 3.63) is 24.3 Å². The molecule has 0 aliphatic heterocycles. The van der Waals surface area contributed by atoms with Gasteiger partial charge in [-0.25, -0.2) is 0 Å². The second-order valence-electron chi connectivity index (χ2n) is 3.71. The Bertz CT molecular complexity index is 241. The van der Waals surface area contributed by atoms with Crippen molar-refractivity contribution < 1.29 is 9.90 Å². The van der Waals surface area contributed by atoms with E-state index in [1.54, 1.807) is 0 Å². The van der Waals surface area contributed by atoms with Gasteiger partial charge in [0.2, 0.25) is 0 Å². The van der Waals surface area contributed by atoms with Gasteiger partial charge in [0.25, 0.3) is 0 Å². The van der Waals surface area contributed by atoms with E-state index in [2.05, 4.69) is 6.58 Å². The zero-order chi connectivity index (χ0) is 10.4. The second-order valence-corrected chi connectivity index (χ2v) is 3.71. The summed E-state index contributed by atoms with van der Waals surface area (Å²) in [7, 11) is 0. The molecule has 1 unspecified atom stereocenters. The molecule has 0 fully saturated rings. The van der Waals surface area contributed by atoms with E-state index in [0.29, 0.717) is 18.4 Å². The van der Waals surface area contributed by atoms with E-state index in [9.17, 15) is 9.90 Å². The molecule has 0 radical (unpaired) electrons. The molecule has 1 aliphatic carbocycles. The first-order chi connectivity index (χ1) is 6.75. The van der Waals surface area contributed by atoms with E-state index in [0.717, 1.165) is 25.7 Å². The summed E-state index contributed by atoms with van der Waals surface area (Å²) in [5.74, 6) is 0.127. The number of aliphatic hydroxyl groups is 1. The molecule has 1 rings (SSSR count). The molecular formula is C12H18O2. The monoisotopic (exact) mass is 194 g/mol. The highest BCUT2D eigenvalue weighted by molar-refractivity contribution is 5.96. The molecule has 0 aromatic heterocycles. The summed E-state index contributed by atoms with van der Waals surface area (Å²) in [4.78, 5) is 11.4. The van der Waals surface area contributed by atoms with E-state index in [4.69, 9.17) is 0 Å². The lowest BCUT2D eigenvalue weighted by atomic mass is 9.92. The average molecular weight is 194 g/mol. The predicted molar refractivity (Wildman–Crippen MR) is 57.0 cm³/mol. The van der Waals surface area contributed by atoms with Gasteiger partial charge in [-0.15, -0.1) is 6.58 Å². The summed E-state index contributed by atoms with van der Waals surface area (Å²) in [6, 6.07) is 0. The first-order valence-electron chi connectivity index (χ1n) is 5.28. The fourth-order valence-electron chi connectivity index (χ4n) is 1.71. The number of unbranched alkanes of at least 4 members (excludes halogenated alkanes) is 1. The fourth-order valence-corrected chi connectivity index (χ4v) is 1.71. The van der Waals surface area contributed by atoms with Gasteiger partial charge in [-0.05, 0) is 32.1 Å². The van der Waals surface area contributed by atoms with Crippen molar-refractivity contribution in [2.75, 3.05) is 0 Å².